The molecule has 0 saturated heterocycles. The fourth-order valence-electron chi connectivity index (χ4n) is 2.73. The van der Waals surface area contributed by atoms with Gasteiger partial charge < -0.3 is 10.2 Å². The van der Waals surface area contributed by atoms with Crippen molar-refractivity contribution in [2.24, 2.45) is 0 Å². The van der Waals surface area contributed by atoms with Crippen molar-refractivity contribution < 1.29 is 15.0 Å². The van der Waals surface area contributed by atoms with Gasteiger partial charge in [-0.1, -0.05) is 30.3 Å². The van der Waals surface area contributed by atoms with E-state index in [2.05, 4.69) is 0 Å². The molecule has 1 aromatic carbocycles. The highest BCUT2D eigenvalue weighted by molar-refractivity contribution is 5.89. The van der Waals surface area contributed by atoms with E-state index in [4.69, 9.17) is 5.11 Å². The Morgan fingerprint density at radius 2 is 2.00 bits per heavy atom. The first-order chi connectivity index (χ1) is 8.18. The Kier molecular flexibility index (Phi) is 3.60. The van der Waals surface area contributed by atoms with Crippen LogP contribution in [-0.4, -0.2) is 28.2 Å². The van der Waals surface area contributed by atoms with E-state index in [1.165, 1.54) is 0 Å². The monoisotopic (exact) mass is 234 g/mol. The summed E-state index contributed by atoms with van der Waals surface area (Å²) in [7, 11) is 0. The predicted molar refractivity (Wildman–Crippen MR) is 64.7 cm³/mol. The van der Waals surface area contributed by atoms with Gasteiger partial charge >= 0.3 is 0 Å². The zero-order chi connectivity index (χ0) is 12.3. The molecule has 0 amide bonds. The molecule has 2 N–H and O–H groups in total. The second kappa shape index (κ2) is 4.98. The molecular formula is C14H18O3. The van der Waals surface area contributed by atoms with Crippen molar-refractivity contribution in [3.8, 4) is 0 Å². The third kappa shape index (κ3) is 2.26. The highest BCUT2D eigenvalue weighted by atomic mass is 16.3. The summed E-state index contributed by atoms with van der Waals surface area (Å²) >= 11 is 0. The fourth-order valence-corrected chi connectivity index (χ4v) is 2.73. The number of rotatable bonds is 3. The molecule has 1 fully saturated rings. The van der Waals surface area contributed by atoms with Gasteiger partial charge in [-0.15, -0.1) is 0 Å². The smallest absolute Gasteiger partial charge is 0.165 e. The highest BCUT2D eigenvalue weighted by Crippen LogP contribution is 2.40. The fraction of sp³-hybridized carbons (Fsp3) is 0.500. The minimum absolute atomic E-state index is 0.130. The Morgan fingerprint density at radius 1 is 1.29 bits per heavy atom. The Hall–Kier alpha value is -1.19. The molecule has 1 aromatic rings. The Labute approximate surface area is 101 Å². The summed E-state index contributed by atoms with van der Waals surface area (Å²) in [6, 6.07) is 9.61. The third-order valence-corrected chi connectivity index (χ3v) is 3.65. The minimum Gasteiger partial charge on any atom is -0.396 e. The van der Waals surface area contributed by atoms with Crippen LogP contribution in [0.15, 0.2) is 30.3 Å². The lowest BCUT2D eigenvalue weighted by Gasteiger charge is -2.38. The molecule has 1 aliphatic rings. The second-order valence-electron chi connectivity index (χ2n) is 4.68. The van der Waals surface area contributed by atoms with Crippen LogP contribution in [0.5, 0.6) is 0 Å². The van der Waals surface area contributed by atoms with Crippen molar-refractivity contribution in [2.45, 2.75) is 37.2 Å². The van der Waals surface area contributed by atoms with Gasteiger partial charge in [-0.3, -0.25) is 4.79 Å². The van der Waals surface area contributed by atoms with E-state index in [-0.39, 0.29) is 24.7 Å². The molecular weight excluding hydrogens is 216 g/mol. The molecule has 0 unspecified atom stereocenters. The van der Waals surface area contributed by atoms with Crippen molar-refractivity contribution in [3.63, 3.8) is 0 Å². The highest BCUT2D eigenvalue weighted by Gasteiger charge is 2.45. The number of aliphatic hydroxyl groups is 2. The summed E-state index contributed by atoms with van der Waals surface area (Å²) in [5.41, 5.74) is -0.398. The summed E-state index contributed by atoms with van der Waals surface area (Å²) in [4.78, 5) is 11.9. The van der Waals surface area contributed by atoms with Gasteiger partial charge in [0.2, 0.25) is 0 Å². The molecule has 3 heteroatoms. The van der Waals surface area contributed by atoms with E-state index < -0.39 is 5.60 Å². The number of benzene rings is 1. The van der Waals surface area contributed by atoms with Crippen LogP contribution in [0.3, 0.4) is 0 Å². The summed E-state index contributed by atoms with van der Waals surface area (Å²) in [5.74, 6) is -0.316. The Balaban J connectivity index is 2.33. The molecule has 0 bridgehead atoms. The van der Waals surface area contributed by atoms with Crippen LogP contribution in [0.1, 0.15) is 37.2 Å². The Bertz CT molecular complexity index is 388. The average molecular weight is 234 g/mol. The number of carbonyl (C=O) groups is 1. The van der Waals surface area contributed by atoms with Gasteiger partial charge in [0.1, 0.15) is 5.60 Å². The lowest BCUT2D eigenvalue weighted by atomic mass is 9.70. The molecule has 0 spiro atoms. The van der Waals surface area contributed by atoms with E-state index >= 15 is 0 Å². The van der Waals surface area contributed by atoms with Gasteiger partial charge in [-0.25, -0.2) is 0 Å². The summed E-state index contributed by atoms with van der Waals surface area (Å²) in [5, 5.41) is 19.6. The van der Waals surface area contributed by atoms with Gasteiger partial charge in [0, 0.05) is 25.4 Å². The molecule has 2 rings (SSSR count). The molecule has 3 nitrogen and oxygen atoms in total. The van der Waals surface area contributed by atoms with Crippen LogP contribution in [0.25, 0.3) is 0 Å². The topological polar surface area (TPSA) is 57.5 Å². The molecule has 1 aliphatic carbocycles. The van der Waals surface area contributed by atoms with Crippen LogP contribution in [0.2, 0.25) is 0 Å². The maximum atomic E-state index is 11.9. The lowest BCUT2D eigenvalue weighted by Crippen LogP contribution is -2.47. The number of Topliss-reactive ketones (excluding diaryl/α,β-unsaturated/α-hetero) is 1. The molecule has 1 saturated carbocycles. The average Bonchev–Trinajstić information content (AvgIpc) is 2.34. The molecule has 2 atom stereocenters. The quantitative estimate of drug-likeness (QED) is 0.835. The summed E-state index contributed by atoms with van der Waals surface area (Å²) < 4.78 is 0. The van der Waals surface area contributed by atoms with E-state index in [0.717, 1.165) is 18.4 Å². The molecule has 0 aromatic heterocycles. The standard InChI is InChI=1S/C14H18O3/c15-10-9-14(17)12(7-4-8-13(14)16)11-5-2-1-3-6-11/h1-3,5-6,12,15,17H,4,7-10H2/t12-,14-/m0/s1. The van der Waals surface area contributed by atoms with Crippen molar-refractivity contribution in [3.05, 3.63) is 35.9 Å². The first-order valence-electron chi connectivity index (χ1n) is 6.10. The number of ketones is 1. The van der Waals surface area contributed by atoms with Crippen molar-refractivity contribution in [1.29, 1.82) is 0 Å². The van der Waals surface area contributed by atoms with Gasteiger partial charge in [0.25, 0.3) is 0 Å². The number of carbonyl (C=O) groups excluding carboxylic acids is 1. The maximum absolute atomic E-state index is 11.9. The number of aliphatic hydroxyl groups excluding tert-OH is 1. The van der Waals surface area contributed by atoms with Crippen LogP contribution in [0.4, 0.5) is 0 Å². The van der Waals surface area contributed by atoms with Crippen LogP contribution in [0, 0.1) is 0 Å². The molecule has 0 aliphatic heterocycles. The SMILES string of the molecule is O=C1CCC[C@@H](c2ccccc2)[C@@]1(O)CCO. The first kappa shape index (κ1) is 12.3. The zero-order valence-corrected chi connectivity index (χ0v) is 9.80. The second-order valence-corrected chi connectivity index (χ2v) is 4.68. The third-order valence-electron chi connectivity index (χ3n) is 3.65. The van der Waals surface area contributed by atoms with Gasteiger partial charge in [-0.05, 0) is 18.4 Å². The van der Waals surface area contributed by atoms with E-state index in [1.807, 2.05) is 30.3 Å². The molecule has 0 heterocycles. The maximum Gasteiger partial charge on any atom is 0.165 e. The van der Waals surface area contributed by atoms with Gasteiger partial charge in [0.05, 0.1) is 0 Å². The minimum atomic E-state index is -1.38. The van der Waals surface area contributed by atoms with Gasteiger partial charge in [-0.2, -0.15) is 0 Å². The predicted octanol–water partition coefficient (Wildman–Crippen LogP) is 1.64. The van der Waals surface area contributed by atoms with Crippen LogP contribution >= 0.6 is 0 Å². The first-order valence-corrected chi connectivity index (χ1v) is 6.10. The van der Waals surface area contributed by atoms with Crippen LogP contribution in [-0.2, 0) is 4.79 Å². The molecule has 92 valence electrons. The normalized spacial score (nSPS) is 29.3. The van der Waals surface area contributed by atoms with Crippen molar-refractivity contribution >= 4 is 5.78 Å². The largest absolute Gasteiger partial charge is 0.396 e. The van der Waals surface area contributed by atoms with E-state index in [1.54, 1.807) is 0 Å². The van der Waals surface area contributed by atoms with Crippen molar-refractivity contribution in [1.82, 2.24) is 0 Å². The summed E-state index contributed by atoms with van der Waals surface area (Å²) in [6.45, 7) is -0.161. The molecule has 17 heavy (non-hydrogen) atoms. The number of hydrogen-bond acceptors (Lipinski definition) is 3. The number of hydrogen-bond donors (Lipinski definition) is 2. The summed E-state index contributed by atoms with van der Waals surface area (Å²) in [6.07, 6.45) is 2.16. The van der Waals surface area contributed by atoms with Crippen LogP contribution < -0.4 is 0 Å². The van der Waals surface area contributed by atoms with Gasteiger partial charge in [0.15, 0.2) is 5.78 Å². The van der Waals surface area contributed by atoms with E-state index in [9.17, 15) is 9.90 Å². The van der Waals surface area contributed by atoms with Crippen molar-refractivity contribution in [2.75, 3.05) is 6.61 Å². The lowest BCUT2D eigenvalue weighted by molar-refractivity contribution is -0.145. The molecule has 0 radical (unpaired) electrons. The van der Waals surface area contributed by atoms with E-state index in [0.29, 0.717) is 6.42 Å². The Morgan fingerprint density at radius 3 is 2.65 bits per heavy atom. The zero-order valence-electron chi connectivity index (χ0n) is 9.80.